The number of aromatic nitrogens is 4. The molecule has 38 heavy (non-hydrogen) atoms. The Morgan fingerprint density at radius 2 is 1.66 bits per heavy atom. The van der Waals surface area contributed by atoms with Crippen LogP contribution in [0.5, 0.6) is 0 Å². The first-order valence-corrected chi connectivity index (χ1v) is 12.4. The second-order valence-corrected chi connectivity index (χ2v) is 9.19. The lowest BCUT2D eigenvalue weighted by Crippen LogP contribution is -2.34. The van der Waals surface area contributed by atoms with Crippen LogP contribution in [0.15, 0.2) is 72.8 Å². The first kappa shape index (κ1) is 23.6. The minimum Gasteiger partial charge on any atom is -0.463 e. The smallest absolute Gasteiger partial charge is 0.432 e. The third-order valence-electron chi connectivity index (χ3n) is 6.71. The zero-order valence-corrected chi connectivity index (χ0v) is 20.4. The van der Waals surface area contributed by atoms with Crippen LogP contribution in [0.4, 0.5) is 22.1 Å². The lowest BCUT2D eigenvalue weighted by atomic mass is 9.97. The van der Waals surface area contributed by atoms with E-state index in [-0.39, 0.29) is 11.8 Å². The minimum atomic E-state index is -1.18. The second kappa shape index (κ2) is 9.91. The molecule has 0 aliphatic carbocycles. The van der Waals surface area contributed by atoms with E-state index >= 15 is 0 Å². The molecule has 3 aromatic carbocycles. The zero-order valence-electron chi connectivity index (χ0n) is 20.4. The molecule has 0 saturated carbocycles. The summed E-state index contributed by atoms with van der Waals surface area (Å²) in [5.74, 6) is 1.35. The summed E-state index contributed by atoms with van der Waals surface area (Å²) < 4.78 is 0.941. The average Bonchev–Trinajstić information content (AvgIpc) is 3.32. The Hall–Kier alpha value is -4.83. The number of carbonyl (C=O) groups excluding carboxylic acids is 1. The van der Waals surface area contributed by atoms with Crippen molar-refractivity contribution in [1.82, 2.24) is 25.1 Å². The fourth-order valence-corrected chi connectivity index (χ4v) is 4.78. The van der Waals surface area contributed by atoms with Gasteiger partial charge in [-0.3, -0.25) is 4.79 Å². The Bertz CT molecular complexity index is 1670. The molecule has 4 N–H and O–H groups in total. The SMILES string of the molecule is O=C(Nc1cccc(-c2nc(Nc3nn(C(=O)O)c4ccccc34)c3ccccc3n2)c1)C1CCNCC1. The Balaban J connectivity index is 1.37. The molecule has 0 unspecified atom stereocenters. The highest BCUT2D eigenvalue weighted by atomic mass is 16.4. The summed E-state index contributed by atoms with van der Waals surface area (Å²) in [5.41, 5.74) is 2.61. The maximum Gasteiger partial charge on any atom is 0.432 e. The van der Waals surface area contributed by atoms with Crippen molar-refractivity contribution < 1.29 is 14.7 Å². The van der Waals surface area contributed by atoms with E-state index in [0.717, 1.165) is 41.6 Å². The van der Waals surface area contributed by atoms with E-state index in [1.165, 1.54) is 0 Å². The molecule has 3 heterocycles. The molecular weight excluding hydrogens is 482 g/mol. The van der Waals surface area contributed by atoms with Crippen LogP contribution in [0.3, 0.4) is 0 Å². The van der Waals surface area contributed by atoms with Gasteiger partial charge in [-0.15, -0.1) is 5.10 Å². The molecule has 1 amide bonds. The van der Waals surface area contributed by atoms with Crippen molar-refractivity contribution >= 4 is 51.1 Å². The molecule has 5 aromatic rings. The largest absolute Gasteiger partial charge is 0.463 e. The van der Waals surface area contributed by atoms with E-state index < -0.39 is 6.09 Å². The van der Waals surface area contributed by atoms with Gasteiger partial charge in [-0.2, -0.15) is 4.68 Å². The molecule has 10 nitrogen and oxygen atoms in total. The minimum absolute atomic E-state index is 0.00643. The quantitative estimate of drug-likeness (QED) is 0.265. The van der Waals surface area contributed by atoms with Gasteiger partial charge in [-0.1, -0.05) is 36.4 Å². The van der Waals surface area contributed by atoms with Crippen molar-refractivity contribution in [2.75, 3.05) is 23.7 Å². The summed E-state index contributed by atoms with van der Waals surface area (Å²) in [6, 6.07) is 22.2. The predicted molar refractivity (Wildman–Crippen MR) is 146 cm³/mol. The van der Waals surface area contributed by atoms with Gasteiger partial charge in [0.25, 0.3) is 0 Å². The lowest BCUT2D eigenvalue weighted by Gasteiger charge is -2.21. The number of amides is 1. The molecule has 1 fully saturated rings. The summed E-state index contributed by atoms with van der Waals surface area (Å²) in [6.45, 7) is 1.69. The van der Waals surface area contributed by atoms with Gasteiger partial charge in [-0.05, 0) is 62.3 Å². The number of fused-ring (bicyclic) bond motifs is 2. The summed E-state index contributed by atoms with van der Waals surface area (Å²) in [4.78, 5) is 34.1. The highest BCUT2D eigenvalue weighted by Gasteiger charge is 2.21. The molecule has 0 radical (unpaired) electrons. The van der Waals surface area contributed by atoms with Gasteiger partial charge in [0.1, 0.15) is 5.82 Å². The molecule has 0 spiro atoms. The van der Waals surface area contributed by atoms with Gasteiger partial charge in [0, 0.05) is 27.9 Å². The average molecular weight is 508 g/mol. The summed E-state index contributed by atoms with van der Waals surface area (Å²) in [5, 5.41) is 24.9. The number of hydrogen-bond donors (Lipinski definition) is 4. The fraction of sp³-hybridized carbons (Fsp3) is 0.179. The van der Waals surface area contributed by atoms with Crippen molar-refractivity contribution in [2.24, 2.45) is 5.92 Å². The lowest BCUT2D eigenvalue weighted by molar-refractivity contribution is -0.120. The summed E-state index contributed by atoms with van der Waals surface area (Å²) >= 11 is 0. The van der Waals surface area contributed by atoms with Crippen LogP contribution in [-0.2, 0) is 4.79 Å². The number of carboxylic acid groups (broad SMARTS) is 1. The number of rotatable bonds is 5. The Kier molecular flexibility index (Phi) is 6.14. The van der Waals surface area contributed by atoms with Crippen LogP contribution in [0, 0.1) is 5.92 Å². The molecule has 10 heteroatoms. The number of hydrogen-bond acceptors (Lipinski definition) is 7. The number of nitrogens with one attached hydrogen (secondary N) is 3. The van der Waals surface area contributed by atoms with E-state index in [1.54, 1.807) is 12.1 Å². The van der Waals surface area contributed by atoms with Crippen molar-refractivity contribution in [3.05, 3.63) is 72.8 Å². The van der Waals surface area contributed by atoms with Gasteiger partial charge in [-0.25, -0.2) is 14.8 Å². The molecule has 1 saturated heterocycles. The van der Waals surface area contributed by atoms with Crippen LogP contribution < -0.4 is 16.0 Å². The van der Waals surface area contributed by atoms with Crippen LogP contribution in [0.2, 0.25) is 0 Å². The highest BCUT2D eigenvalue weighted by molar-refractivity contribution is 5.99. The van der Waals surface area contributed by atoms with Gasteiger partial charge in [0.05, 0.1) is 11.0 Å². The summed E-state index contributed by atoms with van der Waals surface area (Å²) in [7, 11) is 0. The van der Waals surface area contributed by atoms with E-state index in [1.807, 2.05) is 60.7 Å². The fourth-order valence-electron chi connectivity index (χ4n) is 4.78. The summed E-state index contributed by atoms with van der Waals surface area (Å²) in [6.07, 6.45) is 0.465. The predicted octanol–water partition coefficient (Wildman–Crippen LogP) is 4.85. The van der Waals surface area contributed by atoms with Crippen molar-refractivity contribution in [1.29, 1.82) is 0 Å². The normalized spacial score (nSPS) is 14.0. The first-order chi connectivity index (χ1) is 18.6. The van der Waals surface area contributed by atoms with Gasteiger partial charge in [0.2, 0.25) is 5.91 Å². The standard InChI is InChI=1S/C28H25N7O3/c36-27(17-12-14-29-15-13-17)30-19-7-5-6-18(16-19)24-31-22-10-3-1-8-20(22)25(32-24)33-26-21-9-2-4-11-23(21)35(34-26)28(37)38/h1-11,16-17,29H,12-15H2,(H,30,36)(H,37,38)(H,31,32,33,34). The van der Waals surface area contributed by atoms with Gasteiger partial charge < -0.3 is 21.1 Å². The number of anilines is 3. The number of piperidine rings is 1. The molecule has 0 bridgehead atoms. The molecule has 0 atom stereocenters. The van der Waals surface area contributed by atoms with Crippen LogP contribution >= 0.6 is 0 Å². The van der Waals surface area contributed by atoms with Crippen LogP contribution in [0.1, 0.15) is 12.8 Å². The van der Waals surface area contributed by atoms with E-state index in [2.05, 4.69) is 21.0 Å². The first-order valence-electron chi connectivity index (χ1n) is 12.4. The highest BCUT2D eigenvalue weighted by Crippen LogP contribution is 2.31. The van der Waals surface area contributed by atoms with Crippen molar-refractivity contribution in [3.63, 3.8) is 0 Å². The maximum absolute atomic E-state index is 12.8. The third-order valence-corrected chi connectivity index (χ3v) is 6.71. The van der Waals surface area contributed by atoms with E-state index in [9.17, 15) is 14.7 Å². The van der Waals surface area contributed by atoms with E-state index in [0.29, 0.717) is 39.6 Å². The molecule has 190 valence electrons. The van der Waals surface area contributed by atoms with Crippen LogP contribution in [-0.4, -0.2) is 49.9 Å². The Morgan fingerprint density at radius 3 is 2.47 bits per heavy atom. The monoisotopic (exact) mass is 507 g/mol. The number of carbonyl (C=O) groups is 2. The number of benzene rings is 3. The number of nitrogens with zero attached hydrogens (tertiary/aromatic N) is 4. The Labute approximate surface area is 217 Å². The molecular formula is C28H25N7O3. The number of para-hydroxylation sites is 2. The van der Waals surface area contributed by atoms with Gasteiger partial charge >= 0.3 is 6.09 Å². The maximum atomic E-state index is 12.8. The van der Waals surface area contributed by atoms with Crippen molar-refractivity contribution in [2.45, 2.75) is 12.8 Å². The van der Waals surface area contributed by atoms with Gasteiger partial charge in [0.15, 0.2) is 11.6 Å². The molecule has 1 aliphatic rings. The topological polar surface area (TPSA) is 134 Å². The zero-order chi connectivity index (χ0) is 26.1. The van der Waals surface area contributed by atoms with Crippen LogP contribution in [0.25, 0.3) is 33.2 Å². The van der Waals surface area contributed by atoms with Crippen molar-refractivity contribution in [3.8, 4) is 11.4 Å². The van der Waals surface area contributed by atoms with E-state index in [4.69, 9.17) is 9.97 Å². The molecule has 1 aliphatic heterocycles. The second-order valence-electron chi connectivity index (χ2n) is 9.19. The third kappa shape index (κ3) is 4.53. The molecule has 6 rings (SSSR count). The Morgan fingerprint density at radius 1 is 0.895 bits per heavy atom. The molecule has 2 aromatic heterocycles.